The third kappa shape index (κ3) is 2.70. The van der Waals surface area contributed by atoms with Gasteiger partial charge >= 0.3 is 0 Å². The van der Waals surface area contributed by atoms with E-state index >= 15 is 0 Å². The third-order valence-corrected chi connectivity index (χ3v) is 2.45. The van der Waals surface area contributed by atoms with E-state index in [1.165, 1.54) is 18.4 Å². The van der Waals surface area contributed by atoms with Gasteiger partial charge < -0.3 is 9.52 Å². The predicted octanol–water partition coefficient (Wildman–Crippen LogP) is 2.46. The monoisotopic (exact) mass is 233 g/mol. The molecule has 0 amide bonds. The first-order valence-electron chi connectivity index (χ1n) is 5.11. The van der Waals surface area contributed by atoms with Gasteiger partial charge in [0.15, 0.2) is 0 Å². The van der Waals surface area contributed by atoms with Crippen molar-refractivity contribution < 1.29 is 14.4 Å². The van der Waals surface area contributed by atoms with Gasteiger partial charge in [0.05, 0.1) is 11.2 Å². The molecule has 5 heteroatoms. The third-order valence-electron chi connectivity index (χ3n) is 2.45. The van der Waals surface area contributed by atoms with Crippen molar-refractivity contribution in [3.63, 3.8) is 0 Å². The first-order chi connectivity index (χ1) is 8.16. The highest BCUT2D eigenvalue weighted by Gasteiger charge is 2.12. The number of aliphatic hydroxyl groups is 1. The van der Waals surface area contributed by atoms with E-state index in [0.29, 0.717) is 12.2 Å². The normalized spacial score (nSPS) is 12.3. The molecule has 0 bridgehead atoms. The standard InChI is InChI=1S/C12H11NO4/c14-11(12-2-1-7-17-12)8-9-3-5-10(6-4-9)13(15)16/h1-7,11,14H,8H2. The molecular weight excluding hydrogens is 222 g/mol. The van der Waals surface area contributed by atoms with Crippen molar-refractivity contribution in [3.05, 3.63) is 64.1 Å². The fourth-order valence-corrected chi connectivity index (χ4v) is 1.56. The van der Waals surface area contributed by atoms with Crippen LogP contribution in [0, 0.1) is 10.1 Å². The van der Waals surface area contributed by atoms with Crippen molar-refractivity contribution in [2.45, 2.75) is 12.5 Å². The van der Waals surface area contributed by atoms with E-state index in [2.05, 4.69) is 0 Å². The Labute approximate surface area is 97.5 Å². The molecule has 1 aromatic heterocycles. The Balaban J connectivity index is 2.06. The fraction of sp³-hybridized carbons (Fsp3) is 0.167. The summed E-state index contributed by atoms with van der Waals surface area (Å²) < 4.78 is 5.07. The zero-order valence-corrected chi connectivity index (χ0v) is 8.95. The summed E-state index contributed by atoms with van der Waals surface area (Å²) in [5.41, 5.74) is 0.862. The van der Waals surface area contributed by atoms with Crippen LogP contribution < -0.4 is 0 Å². The second-order valence-corrected chi connectivity index (χ2v) is 3.66. The van der Waals surface area contributed by atoms with Crippen LogP contribution >= 0.6 is 0 Å². The number of rotatable bonds is 4. The second-order valence-electron chi connectivity index (χ2n) is 3.66. The Kier molecular flexibility index (Phi) is 3.20. The van der Waals surface area contributed by atoms with Crippen molar-refractivity contribution in [1.82, 2.24) is 0 Å². The van der Waals surface area contributed by atoms with Gasteiger partial charge in [-0.2, -0.15) is 0 Å². The van der Waals surface area contributed by atoms with E-state index in [4.69, 9.17) is 4.42 Å². The Hall–Kier alpha value is -2.14. The molecule has 1 heterocycles. The van der Waals surface area contributed by atoms with E-state index < -0.39 is 11.0 Å². The Morgan fingerprint density at radius 3 is 2.53 bits per heavy atom. The van der Waals surface area contributed by atoms with Crippen LogP contribution in [-0.4, -0.2) is 10.0 Å². The number of furan rings is 1. The lowest BCUT2D eigenvalue weighted by molar-refractivity contribution is -0.384. The molecule has 0 saturated heterocycles. The molecule has 0 saturated carbocycles. The van der Waals surface area contributed by atoms with Gasteiger partial charge in [-0.3, -0.25) is 10.1 Å². The van der Waals surface area contributed by atoms with Crippen LogP contribution in [0.3, 0.4) is 0 Å². The number of nitro benzene ring substituents is 1. The fourth-order valence-electron chi connectivity index (χ4n) is 1.56. The topological polar surface area (TPSA) is 76.5 Å². The van der Waals surface area contributed by atoms with Crippen LogP contribution in [-0.2, 0) is 6.42 Å². The lowest BCUT2D eigenvalue weighted by atomic mass is 10.1. The molecular formula is C12H11NO4. The molecule has 1 N–H and O–H groups in total. The maximum absolute atomic E-state index is 10.5. The average Bonchev–Trinajstić information content (AvgIpc) is 2.83. The summed E-state index contributed by atoms with van der Waals surface area (Å²) in [6, 6.07) is 9.49. The maximum atomic E-state index is 10.5. The Bertz CT molecular complexity index is 490. The van der Waals surface area contributed by atoms with Crippen molar-refractivity contribution in [2.24, 2.45) is 0 Å². The predicted molar refractivity (Wildman–Crippen MR) is 60.5 cm³/mol. The van der Waals surface area contributed by atoms with E-state index in [1.807, 2.05) is 0 Å². The van der Waals surface area contributed by atoms with E-state index in [9.17, 15) is 15.2 Å². The zero-order chi connectivity index (χ0) is 12.3. The Morgan fingerprint density at radius 2 is 2.00 bits per heavy atom. The van der Waals surface area contributed by atoms with E-state index in [0.717, 1.165) is 5.56 Å². The minimum Gasteiger partial charge on any atom is -0.467 e. The number of nitro groups is 1. The first-order valence-corrected chi connectivity index (χ1v) is 5.11. The quantitative estimate of drug-likeness (QED) is 0.650. The van der Waals surface area contributed by atoms with Crippen LogP contribution in [0.5, 0.6) is 0 Å². The second kappa shape index (κ2) is 4.80. The van der Waals surface area contributed by atoms with Gasteiger partial charge in [-0.05, 0) is 17.7 Å². The van der Waals surface area contributed by atoms with Crippen molar-refractivity contribution in [1.29, 1.82) is 0 Å². The molecule has 2 rings (SSSR count). The molecule has 0 aliphatic heterocycles. The highest BCUT2D eigenvalue weighted by atomic mass is 16.6. The van der Waals surface area contributed by atoms with Gasteiger partial charge in [-0.15, -0.1) is 0 Å². The van der Waals surface area contributed by atoms with Crippen LogP contribution in [0.15, 0.2) is 47.1 Å². The van der Waals surface area contributed by atoms with Crippen molar-refractivity contribution in [3.8, 4) is 0 Å². The number of nitrogens with zero attached hydrogens (tertiary/aromatic N) is 1. The summed E-state index contributed by atoms with van der Waals surface area (Å²) in [4.78, 5) is 10.0. The van der Waals surface area contributed by atoms with E-state index in [1.54, 1.807) is 24.3 Å². The highest BCUT2D eigenvalue weighted by Crippen LogP contribution is 2.20. The van der Waals surface area contributed by atoms with Crippen LogP contribution in [0.1, 0.15) is 17.4 Å². The van der Waals surface area contributed by atoms with Crippen LogP contribution in [0.2, 0.25) is 0 Å². The molecule has 2 aromatic rings. The molecule has 0 radical (unpaired) electrons. The summed E-state index contributed by atoms with van der Waals surface area (Å²) in [6.45, 7) is 0. The molecule has 1 atom stereocenters. The molecule has 5 nitrogen and oxygen atoms in total. The number of benzene rings is 1. The summed E-state index contributed by atoms with van der Waals surface area (Å²) >= 11 is 0. The lowest BCUT2D eigenvalue weighted by Gasteiger charge is -2.07. The highest BCUT2D eigenvalue weighted by molar-refractivity contribution is 5.33. The van der Waals surface area contributed by atoms with Gasteiger partial charge in [0.1, 0.15) is 11.9 Å². The number of hydrogen-bond acceptors (Lipinski definition) is 4. The molecule has 88 valence electrons. The first kappa shape index (κ1) is 11.3. The van der Waals surface area contributed by atoms with Gasteiger partial charge in [0.25, 0.3) is 5.69 Å². The van der Waals surface area contributed by atoms with Crippen molar-refractivity contribution in [2.75, 3.05) is 0 Å². The summed E-state index contributed by atoms with van der Waals surface area (Å²) in [6.07, 6.45) is 1.13. The molecule has 0 spiro atoms. The van der Waals surface area contributed by atoms with Gasteiger partial charge in [0, 0.05) is 18.6 Å². The maximum Gasteiger partial charge on any atom is 0.269 e. The molecule has 0 aliphatic rings. The summed E-state index contributed by atoms with van der Waals surface area (Å²) in [5, 5.41) is 20.3. The molecule has 17 heavy (non-hydrogen) atoms. The molecule has 1 unspecified atom stereocenters. The van der Waals surface area contributed by atoms with Gasteiger partial charge in [0.2, 0.25) is 0 Å². The number of non-ortho nitro benzene ring substituents is 1. The molecule has 0 fully saturated rings. The van der Waals surface area contributed by atoms with E-state index in [-0.39, 0.29) is 5.69 Å². The largest absolute Gasteiger partial charge is 0.467 e. The molecule has 1 aromatic carbocycles. The average molecular weight is 233 g/mol. The minimum absolute atomic E-state index is 0.0428. The summed E-state index contributed by atoms with van der Waals surface area (Å²) in [5.74, 6) is 0.489. The van der Waals surface area contributed by atoms with Crippen molar-refractivity contribution >= 4 is 5.69 Å². The molecule has 0 aliphatic carbocycles. The lowest BCUT2D eigenvalue weighted by Crippen LogP contribution is -2.00. The minimum atomic E-state index is -0.730. The van der Waals surface area contributed by atoms with Crippen LogP contribution in [0.4, 0.5) is 5.69 Å². The summed E-state index contributed by atoms with van der Waals surface area (Å²) in [7, 11) is 0. The number of aliphatic hydroxyl groups excluding tert-OH is 1. The number of hydrogen-bond donors (Lipinski definition) is 1. The smallest absolute Gasteiger partial charge is 0.269 e. The van der Waals surface area contributed by atoms with Crippen LogP contribution in [0.25, 0.3) is 0 Å². The SMILES string of the molecule is O=[N+]([O-])c1ccc(CC(O)c2ccco2)cc1. The zero-order valence-electron chi connectivity index (χ0n) is 8.95. The van der Waals surface area contributed by atoms with Gasteiger partial charge in [-0.25, -0.2) is 0 Å². The van der Waals surface area contributed by atoms with Gasteiger partial charge in [-0.1, -0.05) is 12.1 Å². The Morgan fingerprint density at radius 1 is 1.29 bits per heavy atom.